The van der Waals surface area contributed by atoms with E-state index < -0.39 is 11.2 Å². The van der Waals surface area contributed by atoms with Crippen LogP contribution in [0.4, 0.5) is 0 Å². The Morgan fingerprint density at radius 1 is 1.14 bits per heavy atom. The zero-order valence-electron chi connectivity index (χ0n) is 11.7. The fraction of sp³-hybridized carbons (Fsp3) is 0.0588. The highest BCUT2D eigenvalue weighted by atomic mass is 79.9. The Bertz CT molecular complexity index is 1050. The molecule has 0 fully saturated rings. The van der Waals surface area contributed by atoms with Crippen LogP contribution in [-0.2, 0) is 0 Å². The lowest BCUT2D eigenvalue weighted by Crippen LogP contribution is -2.29. The third-order valence-electron chi connectivity index (χ3n) is 3.27. The minimum atomic E-state index is -0.485. The summed E-state index contributed by atoms with van der Waals surface area (Å²) in [5, 5.41) is 0.446. The molecule has 1 N–H and O–H groups in total. The zero-order chi connectivity index (χ0) is 15.7. The van der Waals surface area contributed by atoms with Crippen LogP contribution in [-0.4, -0.2) is 9.55 Å². The van der Waals surface area contributed by atoms with Crippen molar-refractivity contribution >= 4 is 26.8 Å². The summed E-state index contributed by atoms with van der Waals surface area (Å²) in [4.78, 5) is 26.7. The molecule has 0 saturated heterocycles. The molecule has 108 valence electrons. The second-order valence-electron chi connectivity index (χ2n) is 4.65. The van der Waals surface area contributed by atoms with Crippen molar-refractivity contribution in [3.8, 4) is 17.5 Å². The van der Waals surface area contributed by atoms with Gasteiger partial charge in [0.25, 0.3) is 5.56 Å². The number of nitrogens with one attached hydrogen (secondary N) is 1. The van der Waals surface area contributed by atoms with Crippen LogP contribution in [0.15, 0.2) is 56.5 Å². The largest absolute Gasteiger partial charge is 0.333 e. The maximum Gasteiger partial charge on any atom is 0.333 e. The minimum Gasteiger partial charge on any atom is -0.273 e. The summed E-state index contributed by atoms with van der Waals surface area (Å²) in [7, 11) is 0. The molecule has 0 unspecified atom stereocenters. The maximum absolute atomic E-state index is 12.4. The molecule has 1 heterocycles. The smallest absolute Gasteiger partial charge is 0.273 e. The molecule has 0 radical (unpaired) electrons. The highest BCUT2D eigenvalue weighted by Crippen LogP contribution is 2.20. The van der Waals surface area contributed by atoms with E-state index in [9.17, 15) is 9.59 Å². The average molecular weight is 355 g/mol. The van der Waals surface area contributed by atoms with Gasteiger partial charge in [-0.25, -0.2) is 4.79 Å². The van der Waals surface area contributed by atoms with Crippen LogP contribution < -0.4 is 11.2 Å². The number of hydrogen-bond acceptors (Lipinski definition) is 2. The summed E-state index contributed by atoms with van der Waals surface area (Å²) in [5.41, 5.74) is 1.01. The number of benzene rings is 2. The van der Waals surface area contributed by atoms with Crippen molar-refractivity contribution in [3.63, 3.8) is 0 Å². The highest BCUT2D eigenvalue weighted by Gasteiger charge is 2.11. The van der Waals surface area contributed by atoms with E-state index in [0.717, 1.165) is 10.0 Å². The van der Waals surface area contributed by atoms with Gasteiger partial charge in [-0.05, 0) is 37.3 Å². The molecule has 0 aliphatic carbocycles. The second-order valence-corrected chi connectivity index (χ2v) is 5.56. The first-order valence-corrected chi connectivity index (χ1v) is 7.38. The number of nitrogens with zero attached hydrogens (tertiary/aromatic N) is 1. The van der Waals surface area contributed by atoms with Gasteiger partial charge in [-0.3, -0.25) is 14.3 Å². The normalized spacial score (nSPS) is 10.3. The quantitative estimate of drug-likeness (QED) is 0.683. The van der Waals surface area contributed by atoms with Gasteiger partial charge in [-0.2, -0.15) is 0 Å². The Balaban J connectivity index is 2.51. The van der Waals surface area contributed by atoms with Crippen LogP contribution in [0.1, 0.15) is 12.5 Å². The molecule has 0 aliphatic heterocycles. The minimum absolute atomic E-state index is 0.400. The molecule has 0 bridgehead atoms. The van der Waals surface area contributed by atoms with Crippen molar-refractivity contribution in [3.05, 3.63) is 73.3 Å². The van der Waals surface area contributed by atoms with E-state index in [4.69, 9.17) is 0 Å². The van der Waals surface area contributed by atoms with Gasteiger partial charge in [0.1, 0.15) is 0 Å². The molecule has 4 nitrogen and oxygen atoms in total. The summed E-state index contributed by atoms with van der Waals surface area (Å²) in [6.45, 7) is 1.74. The van der Waals surface area contributed by atoms with E-state index in [1.165, 1.54) is 4.57 Å². The summed E-state index contributed by atoms with van der Waals surface area (Å²) in [5.74, 6) is 5.82. The molecule has 5 heteroatoms. The summed E-state index contributed by atoms with van der Waals surface area (Å²) >= 11 is 3.38. The van der Waals surface area contributed by atoms with Crippen molar-refractivity contribution in [2.75, 3.05) is 0 Å². The molecule has 0 atom stereocenters. The maximum atomic E-state index is 12.4. The van der Waals surface area contributed by atoms with Crippen LogP contribution in [0.3, 0.4) is 0 Å². The van der Waals surface area contributed by atoms with E-state index in [1.54, 1.807) is 31.2 Å². The van der Waals surface area contributed by atoms with Gasteiger partial charge >= 0.3 is 5.69 Å². The number of hydrogen-bond donors (Lipinski definition) is 1. The lowest BCUT2D eigenvalue weighted by molar-refractivity contribution is 0.940. The topological polar surface area (TPSA) is 54.9 Å². The number of aromatic nitrogens is 2. The number of H-pyrrole nitrogens is 1. The summed E-state index contributed by atoms with van der Waals surface area (Å²) in [6.07, 6.45) is 0. The van der Waals surface area contributed by atoms with Gasteiger partial charge < -0.3 is 0 Å². The average Bonchev–Trinajstić information content (AvgIpc) is 2.49. The van der Waals surface area contributed by atoms with E-state index in [2.05, 4.69) is 32.8 Å². The molecule has 3 rings (SSSR count). The van der Waals surface area contributed by atoms with E-state index in [1.807, 2.05) is 18.2 Å². The van der Waals surface area contributed by atoms with Crippen molar-refractivity contribution in [1.29, 1.82) is 0 Å². The highest BCUT2D eigenvalue weighted by molar-refractivity contribution is 9.10. The van der Waals surface area contributed by atoms with Gasteiger partial charge in [-0.1, -0.05) is 34.0 Å². The van der Waals surface area contributed by atoms with Crippen LogP contribution in [0.25, 0.3) is 16.6 Å². The molecule has 3 aromatic rings. The summed E-state index contributed by atoms with van der Waals surface area (Å²) in [6, 6.07) is 12.5. The van der Waals surface area contributed by atoms with Crippen molar-refractivity contribution in [1.82, 2.24) is 9.55 Å². The standard InChI is InChI=1S/C17H11BrN2O2/c1-2-5-11-6-3-4-7-14(11)20-15-10-12(18)8-9-13(15)16(21)19-17(20)22/h3-4,6-10H,1H3,(H,19,21,22). The van der Waals surface area contributed by atoms with Crippen molar-refractivity contribution in [2.24, 2.45) is 0 Å². The number of para-hydroxylation sites is 1. The van der Waals surface area contributed by atoms with Crippen LogP contribution in [0.2, 0.25) is 0 Å². The molecular formula is C17H11BrN2O2. The molecule has 0 saturated carbocycles. The lowest BCUT2D eigenvalue weighted by Gasteiger charge is -2.11. The lowest BCUT2D eigenvalue weighted by atomic mass is 10.1. The molecule has 2 aromatic carbocycles. The third-order valence-corrected chi connectivity index (χ3v) is 3.77. The van der Waals surface area contributed by atoms with Gasteiger partial charge in [-0.15, -0.1) is 5.92 Å². The van der Waals surface area contributed by atoms with Gasteiger partial charge in [0.2, 0.25) is 0 Å². The van der Waals surface area contributed by atoms with Crippen LogP contribution >= 0.6 is 15.9 Å². The predicted octanol–water partition coefficient (Wildman–Crippen LogP) is 2.81. The Labute approximate surface area is 134 Å². The number of aromatic amines is 1. The van der Waals surface area contributed by atoms with Crippen molar-refractivity contribution < 1.29 is 0 Å². The molecule has 1 aromatic heterocycles. The number of halogens is 1. The van der Waals surface area contributed by atoms with Crippen molar-refractivity contribution in [2.45, 2.75) is 6.92 Å². The molecule has 0 spiro atoms. The monoisotopic (exact) mass is 354 g/mol. The second kappa shape index (κ2) is 5.66. The fourth-order valence-electron chi connectivity index (χ4n) is 2.36. The molecule has 0 aliphatic rings. The van der Waals surface area contributed by atoms with Gasteiger partial charge in [0.15, 0.2) is 0 Å². The molecular weight excluding hydrogens is 344 g/mol. The first kappa shape index (κ1) is 14.4. The van der Waals surface area contributed by atoms with Gasteiger partial charge in [0.05, 0.1) is 16.6 Å². The Hall–Kier alpha value is -2.58. The zero-order valence-corrected chi connectivity index (χ0v) is 13.3. The first-order chi connectivity index (χ1) is 10.6. The number of fused-ring (bicyclic) bond motifs is 1. The Kier molecular flexibility index (Phi) is 3.70. The van der Waals surface area contributed by atoms with E-state index >= 15 is 0 Å². The summed E-state index contributed by atoms with van der Waals surface area (Å²) < 4.78 is 2.26. The third kappa shape index (κ3) is 2.38. The number of rotatable bonds is 1. The van der Waals surface area contributed by atoms with E-state index in [-0.39, 0.29) is 0 Å². The van der Waals surface area contributed by atoms with Crippen LogP contribution in [0.5, 0.6) is 0 Å². The molecule has 22 heavy (non-hydrogen) atoms. The molecule has 0 amide bonds. The fourth-order valence-corrected chi connectivity index (χ4v) is 2.71. The van der Waals surface area contributed by atoms with E-state index in [0.29, 0.717) is 16.6 Å². The first-order valence-electron chi connectivity index (χ1n) is 6.58. The Morgan fingerprint density at radius 2 is 1.91 bits per heavy atom. The SMILES string of the molecule is CC#Cc1ccccc1-n1c(=O)[nH]c(=O)c2ccc(Br)cc21. The van der Waals surface area contributed by atoms with Gasteiger partial charge in [0, 0.05) is 10.0 Å². The Morgan fingerprint density at radius 3 is 2.68 bits per heavy atom. The van der Waals surface area contributed by atoms with Crippen LogP contribution in [0, 0.1) is 11.8 Å². The predicted molar refractivity (Wildman–Crippen MR) is 90.4 cm³/mol.